The van der Waals surface area contributed by atoms with Gasteiger partial charge in [0.25, 0.3) is 5.91 Å². The van der Waals surface area contributed by atoms with Gasteiger partial charge in [-0.3, -0.25) is 10.1 Å². The summed E-state index contributed by atoms with van der Waals surface area (Å²) in [7, 11) is 0. The first-order valence-electron chi connectivity index (χ1n) is 10.7. The van der Waals surface area contributed by atoms with Crippen LogP contribution in [-0.2, 0) is 0 Å². The van der Waals surface area contributed by atoms with Crippen molar-refractivity contribution in [1.82, 2.24) is 15.0 Å². The van der Waals surface area contributed by atoms with Crippen molar-refractivity contribution in [3.63, 3.8) is 0 Å². The van der Waals surface area contributed by atoms with Crippen LogP contribution in [0, 0.1) is 6.92 Å². The number of para-hydroxylation sites is 1. The number of thiazole rings is 1. The normalized spacial score (nSPS) is 14.6. The summed E-state index contributed by atoms with van der Waals surface area (Å²) in [6, 6.07) is 13.6. The number of amides is 1. The largest absolute Gasteiger partial charge is 0.490 e. The van der Waals surface area contributed by atoms with E-state index < -0.39 is 0 Å². The average Bonchev–Trinajstić information content (AvgIpc) is 3.40. The van der Waals surface area contributed by atoms with Crippen LogP contribution in [0.5, 0.6) is 5.75 Å². The van der Waals surface area contributed by atoms with Crippen LogP contribution >= 0.6 is 11.3 Å². The van der Waals surface area contributed by atoms with Crippen LogP contribution in [0.25, 0.3) is 22.4 Å². The number of benzene rings is 2. The molecule has 1 amide bonds. The Morgan fingerprint density at radius 3 is 2.68 bits per heavy atom. The van der Waals surface area contributed by atoms with Gasteiger partial charge in [0, 0.05) is 16.6 Å². The summed E-state index contributed by atoms with van der Waals surface area (Å²) >= 11 is 1.45. The van der Waals surface area contributed by atoms with Gasteiger partial charge in [0.1, 0.15) is 17.1 Å². The number of hydrogen-bond acceptors (Lipinski definition) is 5. The predicted octanol–water partition coefficient (Wildman–Crippen LogP) is 5.96. The number of fused-ring (bicyclic) bond motifs is 1. The minimum absolute atomic E-state index is 0.214. The molecule has 0 atom stereocenters. The van der Waals surface area contributed by atoms with Crippen LogP contribution in [0.1, 0.15) is 47.3 Å². The van der Waals surface area contributed by atoms with E-state index in [2.05, 4.69) is 15.3 Å². The van der Waals surface area contributed by atoms with E-state index in [1.807, 2.05) is 43.3 Å². The fourth-order valence-electron chi connectivity index (χ4n) is 4.00. The smallest absolute Gasteiger partial charge is 0.259 e. The first-order chi connectivity index (χ1) is 15.2. The summed E-state index contributed by atoms with van der Waals surface area (Å²) in [4.78, 5) is 26.1. The lowest BCUT2D eigenvalue weighted by Crippen LogP contribution is -2.19. The number of carbonyl (C=O) groups excluding carboxylic acids is 1. The molecule has 1 aliphatic rings. The zero-order valence-electron chi connectivity index (χ0n) is 17.4. The maximum absolute atomic E-state index is 12.8. The monoisotopic (exact) mass is 432 g/mol. The minimum Gasteiger partial charge on any atom is -0.490 e. The van der Waals surface area contributed by atoms with E-state index in [1.165, 1.54) is 30.6 Å². The number of nitrogens with one attached hydrogen (secondary N) is 2. The number of aromatic amines is 1. The number of H-pyrrole nitrogens is 1. The zero-order valence-corrected chi connectivity index (χ0v) is 18.2. The molecular formula is C24H24N4O2S. The van der Waals surface area contributed by atoms with Gasteiger partial charge in [-0.05, 0) is 69.0 Å². The van der Waals surface area contributed by atoms with Gasteiger partial charge < -0.3 is 9.72 Å². The van der Waals surface area contributed by atoms with Crippen LogP contribution in [-0.4, -0.2) is 27.0 Å². The zero-order chi connectivity index (χ0) is 21.2. The Hall–Kier alpha value is -3.19. The fourth-order valence-corrected chi connectivity index (χ4v) is 4.66. The summed E-state index contributed by atoms with van der Waals surface area (Å²) in [5.74, 6) is 1.41. The third-order valence-electron chi connectivity index (χ3n) is 5.58. The molecule has 2 N–H and O–H groups in total. The third kappa shape index (κ3) is 4.32. The Kier molecular flexibility index (Phi) is 5.42. The van der Waals surface area contributed by atoms with E-state index in [1.54, 1.807) is 12.3 Å². The summed E-state index contributed by atoms with van der Waals surface area (Å²) in [5, 5.41) is 3.45. The van der Waals surface area contributed by atoms with Crippen molar-refractivity contribution in [3.05, 3.63) is 59.1 Å². The number of nitrogens with zero attached hydrogens (tertiary/aromatic N) is 2. The highest BCUT2D eigenvalue weighted by atomic mass is 32.1. The summed E-state index contributed by atoms with van der Waals surface area (Å²) in [6.07, 6.45) is 8.16. The van der Waals surface area contributed by atoms with Gasteiger partial charge >= 0.3 is 0 Å². The van der Waals surface area contributed by atoms with Crippen molar-refractivity contribution >= 4 is 33.4 Å². The molecule has 2 aromatic heterocycles. The molecule has 0 bridgehead atoms. The SMILES string of the molecule is Cc1cnc(NC(=O)c2cccc3[nH]c(-c4ccc(OC5CCCCC5)cc4)nc23)s1. The van der Waals surface area contributed by atoms with Crippen LogP contribution in [0.4, 0.5) is 5.13 Å². The second kappa shape index (κ2) is 8.51. The number of rotatable bonds is 5. The van der Waals surface area contributed by atoms with Crippen molar-refractivity contribution < 1.29 is 9.53 Å². The molecule has 4 aromatic rings. The van der Waals surface area contributed by atoms with Gasteiger partial charge in [0.15, 0.2) is 5.13 Å². The molecule has 1 fully saturated rings. The number of imidazole rings is 1. The molecule has 1 saturated carbocycles. The summed E-state index contributed by atoms with van der Waals surface area (Å²) in [6.45, 7) is 1.96. The van der Waals surface area contributed by atoms with E-state index in [9.17, 15) is 4.79 Å². The number of hydrogen-bond donors (Lipinski definition) is 2. The topological polar surface area (TPSA) is 79.9 Å². The van der Waals surface area contributed by atoms with E-state index in [0.717, 1.165) is 40.4 Å². The lowest BCUT2D eigenvalue weighted by atomic mass is 9.98. The Bertz CT molecular complexity index is 1210. The van der Waals surface area contributed by atoms with Crippen molar-refractivity contribution in [2.75, 3.05) is 5.32 Å². The van der Waals surface area contributed by atoms with Gasteiger partial charge in [-0.2, -0.15) is 0 Å². The molecule has 6 nitrogen and oxygen atoms in total. The average molecular weight is 433 g/mol. The van der Waals surface area contributed by atoms with Crippen LogP contribution < -0.4 is 10.1 Å². The van der Waals surface area contributed by atoms with Gasteiger partial charge in [-0.15, -0.1) is 11.3 Å². The standard InChI is InChI=1S/C24H24N4O2S/c1-15-14-25-24(31-15)28-23(29)19-8-5-9-20-21(19)27-22(26-20)16-10-12-18(13-11-16)30-17-6-3-2-4-7-17/h5,8-14,17H,2-4,6-7H2,1H3,(H,26,27)(H,25,28,29). The predicted molar refractivity (Wildman–Crippen MR) is 124 cm³/mol. The number of aromatic nitrogens is 3. The van der Waals surface area contributed by atoms with Crippen LogP contribution in [0.2, 0.25) is 0 Å². The molecule has 158 valence electrons. The van der Waals surface area contributed by atoms with Crippen LogP contribution in [0.15, 0.2) is 48.7 Å². The van der Waals surface area contributed by atoms with Crippen molar-refractivity contribution in [2.24, 2.45) is 0 Å². The second-order valence-corrected chi connectivity index (χ2v) is 9.15. The second-order valence-electron chi connectivity index (χ2n) is 7.92. The van der Waals surface area contributed by atoms with Gasteiger partial charge in [-0.25, -0.2) is 9.97 Å². The van der Waals surface area contributed by atoms with Gasteiger partial charge in [-0.1, -0.05) is 12.5 Å². The first-order valence-corrected chi connectivity index (χ1v) is 11.5. The molecule has 0 spiro atoms. The summed E-state index contributed by atoms with van der Waals surface area (Å²) < 4.78 is 6.13. The fraction of sp³-hybridized carbons (Fsp3) is 0.292. The molecule has 2 aromatic carbocycles. The first kappa shape index (κ1) is 19.8. The molecule has 0 radical (unpaired) electrons. The van der Waals surface area contributed by atoms with Crippen LogP contribution in [0.3, 0.4) is 0 Å². The molecule has 1 aliphatic carbocycles. The Morgan fingerprint density at radius 1 is 1.13 bits per heavy atom. The summed E-state index contributed by atoms with van der Waals surface area (Å²) in [5.41, 5.74) is 2.94. The Morgan fingerprint density at radius 2 is 1.94 bits per heavy atom. The molecule has 5 rings (SSSR count). The highest BCUT2D eigenvalue weighted by molar-refractivity contribution is 7.15. The molecule has 7 heteroatoms. The van der Waals surface area contributed by atoms with Gasteiger partial charge in [0.2, 0.25) is 0 Å². The van der Waals surface area contributed by atoms with E-state index in [-0.39, 0.29) is 5.91 Å². The minimum atomic E-state index is -0.214. The number of aryl methyl sites for hydroxylation is 1. The van der Waals surface area contributed by atoms with E-state index in [0.29, 0.717) is 22.3 Å². The highest BCUT2D eigenvalue weighted by Crippen LogP contribution is 2.28. The number of ether oxygens (including phenoxy) is 1. The van der Waals surface area contributed by atoms with Crippen molar-refractivity contribution in [2.45, 2.75) is 45.1 Å². The molecule has 31 heavy (non-hydrogen) atoms. The lowest BCUT2D eigenvalue weighted by Gasteiger charge is -2.23. The van der Waals surface area contributed by atoms with E-state index >= 15 is 0 Å². The lowest BCUT2D eigenvalue weighted by molar-refractivity contribution is 0.102. The quantitative estimate of drug-likeness (QED) is 0.408. The van der Waals surface area contributed by atoms with Gasteiger partial charge in [0.05, 0.1) is 17.2 Å². The molecule has 2 heterocycles. The molecule has 0 saturated heterocycles. The number of carbonyl (C=O) groups is 1. The number of anilines is 1. The van der Waals surface area contributed by atoms with Crippen molar-refractivity contribution in [1.29, 1.82) is 0 Å². The Labute approximate surface area is 184 Å². The van der Waals surface area contributed by atoms with E-state index in [4.69, 9.17) is 9.72 Å². The third-order valence-corrected chi connectivity index (χ3v) is 6.41. The molecular weight excluding hydrogens is 408 g/mol. The van der Waals surface area contributed by atoms with Crippen molar-refractivity contribution in [3.8, 4) is 17.1 Å². The maximum atomic E-state index is 12.8. The Balaban J connectivity index is 1.37. The highest BCUT2D eigenvalue weighted by Gasteiger charge is 2.17. The molecule has 0 unspecified atom stereocenters. The molecule has 0 aliphatic heterocycles. The maximum Gasteiger partial charge on any atom is 0.259 e.